The highest BCUT2D eigenvalue weighted by atomic mass is 35.5. The van der Waals surface area contributed by atoms with E-state index in [2.05, 4.69) is 22.0 Å². The Kier molecular flexibility index (Phi) is 10.3. The topological polar surface area (TPSA) is 143 Å². The Morgan fingerprint density at radius 1 is 1.08 bits per heavy atom. The molecule has 2 aromatic carbocycles. The lowest BCUT2D eigenvalue weighted by Crippen LogP contribution is -2.27. The molecule has 1 fully saturated rings. The van der Waals surface area contributed by atoms with Gasteiger partial charge >= 0.3 is 17.9 Å². The molecule has 48 heavy (non-hydrogen) atoms. The summed E-state index contributed by atoms with van der Waals surface area (Å²) >= 11 is 6.57. The number of aryl methyl sites for hydroxylation is 1. The molecule has 13 heteroatoms. The van der Waals surface area contributed by atoms with Crippen molar-refractivity contribution in [2.24, 2.45) is 0 Å². The van der Waals surface area contributed by atoms with E-state index in [9.17, 15) is 14.4 Å². The number of imidazole rings is 1. The van der Waals surface area contributed by atoms with E-state index in [1.165, 1.54) is 6.92 Å². The first kappa shape index (κ1) is 33.1. The number of aromatic amines is 1. The number of carbonyl (C=O) groups is 2. The third-order valence-corrected chi connectivity index (χ3v) is 8.77. The standard InChI is InChI=1S/C35H38ClN5O7/c1-3-4-6-15-29-37-31(36)30(33(42)45-22(2)46-35(44)47-25-11-7-5-8-12-25)41(29)21-23-16-17-27-24(20-23)18-19-40(27)28-14-10-9-13-26(28)32-38-34(43)48-39-32/h9-10,13-14,16-20,22,25H,3-8,11-12,15,21H2,1-2H3,(H,38,39,43). The SMILES string of the molecule is CCCCCc1nc(Cl)c(C(=O)OC(C)OC(=O)OC2CCCCC2)n1Cc1ccc2c(ccn2-c2ccccc2-c2noc(=O)[nH]2)c1. The van der Waals surface area contributed by atoms with Crippen molar-refractivity contribution in [2.75, 3.05) is 0 Å². The average Bonchev–Trinajstić information content (AvgIpc) is 3.78. The predicted molar refractivity (Wildman–Crippen MR) is 178 cm³/mol. The van der Waals surface area contributed by atoms with Gasteiger partial charge < -0.3 is 23.3 Å². The second-order valence-electron chi connectivity index (χ2n) is 12.0. The zero-order valence-electron chi connectivity index (χ0n) is 26.9. The highest BCUT2D eigenvalue weighted by Crippen LogP contribution is 2.29. The van der Waals surface area contributed by atoms with Gasteiger partial charge in [-0.1, -0.05) is 61.1 Å². The first-order valence-corrected chi connectivity index (χ1v) is 16.8. The summed E-state index contributed by atoms with van der Waals surface area (Å²) in [6, 6.07) is 15.6. The Hall–Kier alpha value is -4.84. The number of fused-ring (bicyclic) bond motifs is 1. The Labute approximate surface area is 281 Å². The molecule has 5 aromatic rings. The summed E-state index contributed by atoms with van der Waals surface area (Å²) in [5.41, 5.74) is 3.45. The molecule has 0 spiro atoms. The van der Waals surface area contributed by atoms with Crippen LogP contribution in [0.15, 0.2) is 64.0 Å². The summed E-state index contributed by atoms with van der Waals surface area (Å²) in [4.78, 5) is 44.6. The molecule has 0 saturated heterocycles. The molecule has 0 radical (unpaired) electrons. The van der Waals surface area contributed by atoms with Crippen LogP contribution < -0.4 is 5.76 Å². The lowest BCUT2D eigenvalue weighted by Gasteiger charge is -2.22. The van der Waals surface area contributed by atoms with Gasteiger partial charge in [0.1, 0.15) is 11.9 Å². The van der Waals surface area contributed by atoms with Gasteiger partial charge in [0, 0.05) is 37.0 Å². The van der Waals surface area contributed by atoms with Gasteiger partial charge in [-0.15, -0.1) is 0 Å². The molecular formula is C35H38ClN5O7. The number of H-pyrrole nitrogens is 1. The number of nitrogens with one attached hydrogen (secondary N) is 1. The van der Waals surface area contributed by atoms with E-state index in [0.29, 0.717) is 30.2 Å². The van der Waals surface area contributed by atoms with Crippen molar-refractivity contribution in [3.05, 3.63) is 87.5 Å². The van der Waals surface area contributed by atoms with E-state index in [0.717, 1.165) is 73.5 Å². The van der Waals surface area contributed by atoms with Crippen LogP contribution in [0.5, 0.6) is 0 Å². The maximum absolute atomic E-state index is 13.5. The molecule has 3 aromatic heterocycles. The summed E-state index contributed by atoms with van der Waals surface area (Å²) in [5.74, 6) is -0.374. The number of halogens is 1. The van der Waals surface area contributed by atoms with Crippen LogP contribution >= 0.6 is 11.6 Å². The Balaban J connectivity index is 1.24. The molecule has 1 aliphatic rings. The van der Waals surface area contributed by atoms with Gasteiger partial charge in [0.15, 0.2) is 16.7 Å². The largest absolute Gasteiger partial charge is 0.511 e. The highest BCUT2D eigenvalue weighted by Gasteiger charge is 2.27. The number of ether oxygens (including phenoxy) is 3. The quantitative estimate of drug-likeness (QED) is 0.0803. The molecule has 1 unspecified atom stereocenters. The van der Waals surface area contributed by atoms with Crippen molar-refractivity contribution < 1.29 is 28.3 Å². The second-order valence-corrected chi connectivity index (χ2v) is 12.3. The van der Waals surface area contributed by atoms with Gasteiger partial charge in [-0.2, -0.15) is 0 Å². The van der Waals surface area contributed by atoms with E-state index < -0.39 is 24.2 Å². The van der Waals surface area contributed by atoms with Gasteiger partial charge in [0.05, 0.1) is 11.2 Å². The summed E-state index contributed by atoms with van der Waals surface area (Å²) in [6.45, 7) is 3.89. The number of benzene rings is 2. The van der Waals surface area contributed by atoms with Crippen LogP contribution in [-0.4, -0.2) is 48.8 Å². The zero-order chi connectivity index (χ0) is 33.6. The van der Waals surface area contributed by atoms with Crippen molar-refractivity contribution in [3.63, 3.8) is 0 Å². The molecule has 0 aliphatic heterocycles. The van der Waals surface area contributed by atoms with Crippen LogP contribution in [0.25, 0.3) is 28.0 Å². The smallest absolute Gasteiger partial charge is 0.431 e. The molecule has 1 saturated carbocycles. The van der Waals surface area contributed by atoms with Crippen LogP contribution in [0, 0.1) is 0 Å². The Bertz CT molecular complexity index is 1950. The van der Waals surface area contributed by atoms with E-state index in [-0.39, 0.29) is 17.0 Å². The number of para-hydroxylation sites is 1. The van der Waals surface area contributed by atoms with Crippen molar-refractivity contribution in [2.45, 2.75) is 90.6 Å². The average molecular weight is 676 g/mol. The monoisotopic (exact) mass is 675 g/mol. The molecule has 1 aliphatic carbocycles. The third kappa shape index (κ3) is 7.49. The van der Waals surface area contributed by atoms with Crippen molar-refractivity contribution in [1.29, 1.82) is 0 Å². The van der Waals surface area contributed by atoms with E-state index in [1.807, 2.05) is 59.3 Å². The summed E-state index contributed by atoms with van der Waals surface area (Å²) in [5, 5.41) is 4.85. The molecule has 0 bridgehead atoms. The van der Waals surface area contributed by atoms with Gasteiger partial charge in [-0.25, -0.2) is 19.4 Å². The number of hydrogen-bond donors (Lipinski definition) is 1. The third-order valence-electron chi connectivity index (χ3n) is 8.51. The molecule has 12 nitrogen and oxygen atoms in total. The van der Waals surface area contributed by atoms with Crippen LogP contribution in [0.3, 0.4) is 0 Å². The number of unbranched alkanes of at least 4 members (excludes halogenated alkanes) is 2. The van der Waals surface area contributed by atoms with Crippen molar-refractivity contribution in [3.8, 4) is 17.1 Å². The molecule has 3 heterocycles. The minimum Gasteiger partial charge on any atom is -0.431 e. The maximum atomic E-state index is 13.5. The fourth-order valence-corrected chi connectivity index (χ4v) is 6.46. The minimum atomic E-state index is -1.19. The Morgan fingerprint density at radius 3 is 2.67 bits per heavy atom. The Morgan fingerprint density at radius 2 is 1.90 bits per heavy atom. The first-order chi connectivity index (χ1) is 23.3. The van der Waals surface area contributed by atoms with Crippen molar-refractivity contribution in [1.82, 2.24) is 24.3 Å². The van der Waals surface area contributed by atoms with E-state index >= 15 is 0 Å². The normalized spacial score (nSPS) is 14.2. The number of aromatic nitrogens is 5. The summed E-state index contributed by atoms with van der Waals surface area (Å²) in [7, 11) is 0. The lowest BCUT2D eigenvalue weighted by atomic mass is 9.98. The van der Waals surface area contributed by atoms with Gasteiger partial charge in [-0.3, -0.25) is 9.51 Å². The molecule has 1 N–H and O–H groups in total. The molecule has 6 rings (SSSR count). The fourth-order valence-electron chi connectivity index (χ4n) is 6.18. The van der Waals surface area contributed by atoms with Crippen molar-refractivity contribution >= 4 is 34.6 Å². The second kappa shape index (κ2) is 14.9. The lowest BCUT2D eigenvalue weighted by molar-refractivity contribution is -0.0918. The van der Waals surface area contributed by atoms with Gasteiger partial charge in [0.2, 0.25) is 6.29 Å². The zero-order valence-corrected chi connectivity index (χ0v) is 27.7. The number of esters is 1. The minimum absolute atomic E-state index is 0.0261. The number of nitrogens with zero attached hydrogens (tertiary/aromatic N) is 4. The first-order valence-electron chi connectivity index (χ1n) is 16.4. The number of hydrogen-bond acceptors (Lipinski definition) is 9. The van der Waals surface area contributed by atoms with Gasteiger partial charge in [-0.05, 0) is 68.0 Å². The summed E-state index contributed by atoms with van der Waals surface area (Å²) < 4.78 is 24.7. The van der Waals surface area contributed by atoms with Crippen LogP contribution in [-0.2, 0) is 27.2 Å². The maximum Gasteiger partial charge on any atom is 0.511 e. The van der Waals surface area contributed by atoms with E-state index in [4.69, 9.17) is 30.3 Å². The number of rotatable bonds is 12. The van der Waals surface area contributed by atoms with E-state index in [1.54, 1.807) is 4.57 Å². The molecular weight excluding hydrogens is 638 g/mol. The molecule has 1 atom stereocenters. The molecule has 0 amide bonds. The van der Waals surface area contributed by atoms with Gasteiger partial charge in [0.25, 0.3) is 0 Å². The van der Waals surface area contributed by atoms with Crippen LogP contribution in [0.2, 0.25) is 5.15 Å². The summed E-state index contributed by atoms with van der Waals surface area (Å²) in [6.07, 6.45) is 7.98. The van der Waals surface area contributed by atoms with Crippen LogP contribution in [0.4, 0.5) is 4.79 Å². The number of carbonyl (C=O) groups excluding carboxylic acids is 2. The highest BCUT2D eigenvalue weighted by molar-refractivity contribution is 6.32. The molecule has 252 valence electrons. The fraction of sp³-hybridized carbons (Fsp3) is 0.400. The predicted octanol–water partition coefficient (Wildman–Crippen LogP) is 7.59. The van der Waals surface area contributed by atoms with Crippen LogP contribution in [0.1, 0.15) is 87.1 Å².